The molecule has 9 heteroatoms. The van der Waals surface area contributed by atoms with Crippen LogP contribution in [0, 0.1) is 0 Å². The number of nitrogens with two attached hydrogens (primary N) is 1. The van der Waals surface area contributed by atoms with Crippen LogP contribution >= 0.6 is 0 Å². The molecule has 1 aromatic carbocycles. The third-order valence-electron chi connectivity index (χ3n) is 2.59. The molecule has 0 bridgehead atoms. The van der Waals surface area contributed by atoms with Gasteiger partial charge in [0, 0.05) is 0 Å². The van der Waals surface area contributed by atoms with Crippen molar-refractivity contribution in [2.75, 3.05) is 5.32 Å². The number of alkyl halides is 3. The van der Waals surface area contributed by atoms with Crippen LogP contribution in [-0.2, 0) is 6.18 Å². The Bertz CT molecular complexity index is 694. The highest BCUT2D eigenvalue weighted by Gasteiger charge is 2.35. The SMILES string of the molecule is NC(=O)c1[nH]cnc1NC(=O)c1ccccc1C(F)(F)F. The number of aromatic nitrogens is 2. The number of anilines is 1. The summed E-state index contributed by atoms with van der Waals surface area (Å²) in [7, 11) is 0. The molecule has 4 N–H and O–H groups in total. The molecule has 0 aliphatic rings. The van der Waals surface area contributed by atoms with Crippen molar-refractivity contribution in [3.8, 4) is 0 Å². The summed E-state index contributed by atoms with van der Waals surface area (Å²) in [5, 5.41) is 2.12. The van der Waals surface area contributed by atoms with Crippen LogP contribution in [0.25, 0.3) is 0 Å². The quantitative estimate of drug-likeness (QED) is 0.805. The van der Waals surface area contributed by atoms with Crippen LogP contribution in [-0.4, -0.2) is 21.8 Å². The van der Waals surface area contributed by atoms with Crippen molar-refractivity contribution in [1.29, 1.82) is 0 Å². The van der Waals surface area contributed by atoms with Crippen LogP contribution in [0.1, 0.15) is 26.4 Å². The molecule has 0 aliphatic heterocycles. The Morgan fingerprint density at radius 1 is 1.24 bits per heavy atom. The standard InChI is InChI=1S/C12H9F3N4O2/c13-12(14,15)7-4-2-1-3-6(7)11(21)19-10-8(9(16)20)17-5-18-10/h1-5H,(H2,16,20)(H,17,18)(H,19,21). The zero-order chi connectivity index (χ0) is 15.6. The first-order valence-electron chi connectivity index (χ1n) is 5.61. The molecule has 110 valence electrons. The van der Waals surface area contributed by atoms with E-state index in [9.17, 15) is 22.8 Å². The van der Waals surface area contributed by atoms with Gasteiger partial charge in [0.1, 0.15) is 5.69 Å². The molecule has 0 saturated carbocycles. The molecule has 2 aromatic rings. The Morgan fingerprint density at radius 2 is 1.90 bits per heavy atom. The molecule has 0 fully saturated rings. The van der Waals surface area contributed by atoms with Crippen LogP contribution in [0.3, 0.4) is 0 Å². The monoisotopic (exact) mass is 298 g/mol. The van der Waals surface area contributed by atoms with Crippen molar-refractivity contribution in [1.82, 2.24) is 9.97 Å². The Labute approximate surface area is 116 Å². The lowest BCUT2D eigenvalue weighted by Crippen LogP contribution is -2.21. The average Bonchev–Trinajstić information content (AvgIpc) is 2.86. The summed E-state index contributed by atoms with van der Waals surface area (Å²) in [6, 6.07) is 4.27. The molecule has 6 nitrogen and oxygen atoms in total. The van der Waals surface area contributed by atoms with E-state index in [-0.39, 0.29) is 11.5 Å². The second-order valence-corrected chi connectivity index (χ2v) is 3.99. The number of carbonyl (C=O) groups excluding carboxylic acids is 2. The van der Waals surface area contributed by atoms with Crippen LogP contribution in [0.4, 0.5) is 19.0 Å². The van der Waals surface area contributed by atoms with Crippen LogP contribution < -0.4 is 11.1 Å². The summed E-state index contributed by atoms with van der Waals surface area (Å²) in [5.74, 6) is -2.17. The lowest BCUT2D eigenvalue weighted by atomic mass is 10.1. The first-order valence-corrected chi connectivity index (χ1v) is 5.61. The van der Waals surface area contributed by atoms with Gasteiger partial charge in [-0.15, -0.1) is 0 Å². The Kier molecular flexibility index (Phi) is 3.66. The number of imidazole rings is 1. The van der Waals surface area contributed by atoms with E-state index in [1.807, 2.05) is 0 Å². The van der Waals surface area contributed by atoms with Crippen molar-refractivity contribution < 1.29 is 22.8 Å². The maximum atomic E-state index is 12.8. The van der Waals surface area contributed by atoms with Gasteiger partial charge in [-0.25, -0.2) is 4.98 Å². The number of nitrogens with one attached hydrogen (secondary N) is 2. The third kappa shape index (κ3) is 3.02. The summed E-state index contributed by atoms with van der Waals surface area (Å²) in [6.45, 7) is 0. The van der Waals surface area contributed by atoms with Gasteiger partial charge in [-0.3, -0.25) is 9.59 Å². The minimum Gasteiger partial charge on any atom is -0.364 e. The summed E-state index contributed by atoms with van der Waals surface area (Å²) in [6.07, 6.45) is -3.59. The Balaban J connectivity index is 2.34. The molecule has 0 atom stereocenters. The van der Waals surface area contributed by atoms with E-state index in [0.717, 1.165) is 18.5 Å². The van der Waals surface area contributed by atoms with E-state index in [0.29, 0.717) is 0 Å². The van der Waals surface area contributed by atoms with E-state index in [4.69, 9.17) is 5.73 Å². The van der Waals surface area contributed by atoms with Crippen molar-refractivity contribution >= 4 is 17.6 Å². The maximum Gasteiger partial charge on any atom is 0.417 e. The third-order valence-corrected chi connectivity index (χ3v) is 2.59. The normalized spacial score (nSPS) is 11.2. The smallest absolute Gasteiger partial charge is 0.364 e. The van der Waals surface area contributed by atoms with Gasteiger partial charge in [-0.1, -0.05) is 12.1 Å². The van der Waals surface area contributed by atoms with Crippen LogP contribution in [0.5, 0.6) is 0 Å². The average molecular weight is 298 g/mol. The van der Waals surface area contributed by atoms with E-state index < -0.39 is 29.1 Å². The number of hydrogen-bond donors (Lipinski definition) is 3. The maximum absolute atomic E-state index is 12.8. The number of amides is 2. The number of nitrogens with zero attached hydrogens (tertiary/aromatic N) is 1. The molecule has 0 saturated heterocycles. The summed E-state index contributed by atoms with van der Waals surface area (Å²) < 4.78 is 38.5. The molecule has 0 aliphatic carbocycles. The highest BCUT2D eigenvalue weighted by Crippen LogP contribution is 2.32. The van der Waals surface area contributed by atoms with Gasteiger partial charge >= 0.3 is 6.18 Å². The van der Waals surface area contributed by atoms with Crippen LogP contribution in [0.2, 0.25) is 0 Å². The molecule has 0 unspecified atom stereocenters. The minimum atomic E-state index is -4.67. The van der Waals surface area contributed by atoms with E-state index in [2.05, 4.69) is 15.3 Å². The fraction of sp³-hybridized carbons (Fsp3) is 0.0833. The highest BCUT2D eigenvalue weighted by molar-refractivity contribution is 6.08. The number of halogens is 3. The first-order chi connectivity index (χ1) is 9.80. The molecular weight excluding hydrogens is 289 g/mol. The molecule has 0 radical (unpaired) electrons. The summed E-state index contributed by atoms with van der Waals surface area (Å²) in [4.78, 5) is 29.0. The van der Waals surface area contributed by atoms with Gasteiger partial charge in [0.25, 0.3) is 11.8 Å². The number of benzene rings is 1. The number of rotatable bonds is 3. The minimum absolute atomic E-state index is 0.201. The van der Waals surface area contributed by atoms with E-state index in [1.54, 1.807) is 0 Å². The largest absolute Gasteiger partial charge is 0.417 e. The van der Waals surface area contributed by atoms with Gasteiger partial charge < -0.3 is 16.0 Å². The fourth-order valence-electron chi connectivity index (χ4n) is 1.68. The summed E-state index contributed by atoms with van der Waals surface area (Å²) in [5.41, 5.74) is 3.17. The predicted molar refractivity (Wildman–Crippen MR) is 66.5 cm³/mol. The van der Waals surface area contributed by atoms with Gasteiger partial charge in [0.2, 0.25) is 0 Å². The van der Waals surface area contributed by atoms with Crippen molar-refractivity contribution in [3.05, 3.63) is 47.4 Å². The molecule has 1 aromatic heterocycles. The van der Waals surface area contributed by atoms with E-state index >= 15 is 0 Å². The number of primary amides is 1. The lowest BCUT2D eigenvalue weighted by Gasteiger charge is -2.12. The van der Waals surface area contributed by atoms with Crippen molar-refractivity contribution in [2.24, 2.45) is 5.73 Å². The number of aromatic amines is 1. The summed E-state index contributed by atoms with van der Waals surface area (Å²) >= 11 is 0. The van der Waals surface area contributed by atoms with Gasteiger partial charge in [-0.05, 0) is 12.1 Å². The topological polar surface area (TPSA) is 101 Å². The van der Waals surface area contributed by atoms with Gasteiger partial charge in [0.15, 0.2) is 5.82 Å². The van der Waals surface area contributed by atoms with Crippen molar-refractivity contribution in [2.45, 2.75) is 6.18 Å². The molecule has 21 heavy (non-hydrogen) atoms. The Morgan fingerprint density at radius 3 is 2.52 bits per heavy atom. The zero-order valence-corrected chi connectivity index (χ0v) is 10.4. The lowest BCUT2D eigenvalue weighted by molar-refractivity contribution is -0.137. The predicted octanol–water partition coefficient (Wildman–Crippen LogP) is 1.78. The second-order valence-electron chi connectivity index (χ2n) is 3.99. The number of hydrogen-bond acceptors (Lipinski definition) is 3. The fourth-order valence-corrected chi connectivity index (χ4v) is 1.68. The number of H-pyrrole nitrogens is 1. The van der Waals surface area contributed by atoms with Crippen molar-refractivity contribution in [3.63, 3.8) is 0 Å². The molecule has 2 rings (SSSR count). The molecule has 1 heterocycles. The first kappa shape index (κ1) is 14.6. The Hall–Kier alpha value is -2.84. The highest BCUT2D eigenvalue weighted by atomic mass is 19.4. The van der Waals surface area contributed by atoms with Crippen LogP contribution in [0.15, 0.2) is 30.6 Å². The van der Waals surface area contributed by atoms with Gasteiger partial charge in [0.05, 0.1) is 17.5 Å². The van der Waals surface area contributed by atoms with E-state index in [1.165, 1.54) is 12.1 Å². The second kappa shape index (κ2) is 5.27. The molecular formula is C12H9F3N4O2. The van der Waals surface area contributed by atoms with Gasteiger partial charge in [-0.2, -0.15) is 13.2 Å². The zero-order valence-electron chi connectivity index (χ0n) is 10.4. The molecule has 2 amide bonds. The number of carbonyl (C=O) groups is 2. The molecule has 0 spiro atoms.